The Labute approximate surface area is 127 Å². The second kappa shape index (κ2) is 6.68. The first-order chi connectivity index (χ1) is 10.1. The SMILES string of the molecule is CCOC(=O)c1ccc(-c2ccc(F)cc2Cl)nc1CC. The average molecular weight is 308 g/mol. The van der Waals surface area contributed by atoms with Crippen molar-refractivity contribution in [2.24, 2.45) is 0 Å². The maximum absolute atomic E-state index is 13.1. The van der Waals surface area contributed by atoms with Crippen LogP contribution in [0.1, 0.15) is 29.9 Å². The summed E-state index contributed by atoms with van der Waals surface area (Å²) in [6.45, 7) is 3.97. The van der Waals surface area contributed by atoms with E-state index >= 15 is 0 Å². The van der Waals surface area contributed by atoms with Crippen LogP contribution in [-0.2, 0) is 11.2 Å². The van der Waals surface area contributed by atoms with E-state index < -0.39 is 11.8 Å². The third-order valence-electron chi connectivity index (χ3n) is 3.01. The third kappa shape index (κ3) is 3.39. The third-order valence-corrected chi connectivity index (χ3v) is 3.32. The van der Waals surface area contributed by atoms with Crippen molar-refractivity contribution in [3.05, 3.63) is 52.4 Å². The number of rotatable bonds is 4. The van der Waals surface area contributed by atoms with Gasteiger partial charge in [-0.3, -0.25) is 4.98 Å². The number of esters is 1. The fourth-order valence-electron chi connectivity index (χ4n) is 2.01. The lowest BCUT2D eigenvalue weighted by atomic mass is 10.1. The van der Waals surface area contributed by atoms with Crippen molar-refractivity contribution < 1.29 is 13.9 Å². The Morgan fingerprint density at radius 3 is 2.67 bits per heavy atom. The molecule has 0 aliphatic carbocycles. The van der Waals surface area contributed by atoms with E-state index in [-0.39, 0.29) is 5.02 Å². The van der Waals surface area contributed by atoms with E-state index in [4.69, 9.17) is 16.3 Å². The summed E-state index contributed by atoms with van der Waals surface area (Å²) < 4.78 is 18.1. The number of hydrogen-bond donors (Lipinski definition) is 0. The van der Waals surface area contributed by atoms with Gasteiger partial charge in [-0.05, 0) is 43.7 Å². The second-order valence-corrected chi connectivity index (χ2v) is 4.80. The van der Waals surface area contributed by atoms with Crippen molar-refractivity contribution in [3.63, 3.8) is 0 Å². The predicted molar refractivity (Wildman–Crippen MR) is 80.0 cm³/mol. The minimum Gasteiger partial charge on any atom is -0.462 e. The number of halogens is 2. The van der Waals surface area contributed by atoms with Gasteiger partial charge in [0.2, 0.25) is 0 Å². The van der Waals surface area contributed by atoms with Gasteiger partial charge >= 0.3 is 5.97 Å². The summed E-state index contributed by atoms with van der Waals surface area (Å²) in [6.07, 6.45) is 0.584. The zero-order chi connectivity index (χ0) is 15.4. The van der Waals surface area contributed by atoms with Gasteiger partial charge in [0.15, 0.2) is 0 Å². The molecule has 2 rings (SSSR count). The average Bonchev–Trinajstić information content (AvgIpc) is 2.47. The molecule has 0 unspecified atom stereocenters. The molecule has 0 bridgehead atoms. The van der Waals surface area contributed by atoms with Crippen LogP contribution < -0.4 is 0 Å². The van der Waals surface area contributed by atoms with Crippen molar-refractivity contribution in [3.8, 4) is 11.3 Å². The van der Waals surface area contributed by atoms with Crippen LogP contribution in [0.3, 0.4) is 0 Å². The summed E-state index contributed by atoms with van der Waals surface area (Å²) in [5, 5.41) is 0.286. The lowest BCUT2D eigenvalue weighted by molar-refractivity contribution is 0.0524. The largest absolute Gasteiger partial charge is 0.462 e. The highest BCUT2D eigenvalue weighted by Crippen LogP contribution is 2.28. The molecule has 110 valence electrons. The van der Waals surface area contributed by atoms with Crippen LogP contribution in [0.2, 0.25) is 5.02 Å². The molecular formula is C16H15ClFNO2. The van der Waals surface area contributed by atoms with Crippen molar-refractivity contribution in [1.82, 2.24) is 4.98 Å². The highest BCUT2D eigenvalue weighted by molar-refractivity contribution is 6.33. The Morgan fingerprint density at radius 2 is 2.05 bits per heavy atom. The molecule has 0 spiro atoms. The van der Waals surface area contributed by atoms with Gasteiger partial charge in [0, 0.05) is 5.56 Å². The molecule has 0 saturated carbocycles. The molecule has 2 aromatic rings. The number of aryl methyl sites for hydroxylation is 1. The molecule has 0 N–H and O–H groups in total. The van der Waals surface area contributed by atoms with Crippen molar-refractivity contribution >= 4 is 17.6 Å². The fourth-order valence-corrected chi connectivity index (χ4v) is 2.28. The van der Waals surface area contributed by atoms with Gasteiger partial charge in [0.25, 0.3) is 0 Å². The zero-order valence-electron chi connectivity index (χ0n) is 11.8. The number of hydrogen-bond acceptors (Lipinski definition) is 3. The Morgan fingerprint density at radius 1 is 1.29 bits per heavy atom. The molecule has 1 aromatic heterocycles. The van der Waals surface area contributed by atoms with Gasteiger partial charge in [-0.2, -0.15) is 0 Å². The molecule has 5 heteroatoms. The first-order valence-corrected chi connectivity index (χ1v) is 7.07. The van der Waals surface area contributed by atoms with Crippen LogP contribution in [-0.4, -0.2) is 17.6 Å². The van der Waals surface area contributed by atoms with Crippen LogP contribution >= 0.6 is 11.6 Å². The number of pyridine rings is 1. The normalized spacial score (nSPS) is 10.5. The van der Waals surface area contributed by atoms with E-state index in [0.717, 1.165) is 0 Å². The summed E-state index contributed by atoms with van der Waals surface area (Å²) >= 11 is 6.04. The number of ether oxygens (including phenoxy) is 1. The molecule has 0 fully saturated rings. The van der Waals surface area contributed by atoms with Crippen LogP contribution in [0.4, 0.5) is 4.39 Å². The molecule has 0 atom stereocenters. The first kappa shape index (κ1) is 15.4. The van der Waals surface area contributed by atoms with Gasteiger partial charge < -0.3 is 4.74 Å². The van der Waals surface area contributed by atoms with Gasteiger partial charge in [0.1, 0.15) is 5.82 Å². The summed E-state index contributed by atoms with van der Waals surface area (Å²) in [5.41, 5.74) is 2.31. The van der Waals surface area contributed by atoms with Crippen molar-refractivity contribution in [1.29, 1.82) is 0 Å². The number of carbonyl (C=O) groups excluding carboxylic acids is 1. The molecule has 0 radical (unpaired) electrons. The van der Waals surface area contributed by atoms with Crippen LogP contribution in [0.15, 0.2) is 30.3 Å². The standard InChI is InChI=1S/C16H15ClFNO2/c1-3-14-12(16(20)21-4-2)7-8-15(19-14)11-6-5-10(18)9-13(11)17/h5-9H,3-4H2,1-2H3. The lowest BCUT2D eigenvalue weighted by Gasteiger charge is -2.10. The number of carbonyl (C=O) groups is 1. The molecule has 3 nitrogen and oxygen atoms in total. The van der Waals surface area contributed by atoms with Crippen LogP contribution in [0.25, 0.3) is 11.3 Å². The number of nitrogens with zero attached hydrogens (tertiary/aromatic N) is 1. The van der Waals surface area contributed by atoms with E-state index in [2.05, 4.69) is 4.98 Å². The van der Waals surface area contributed by atoms with E-state index in [9.17, 15) is 9.18 Å². The number of aromatic nitrogens is 1. The van der Waals surface area contributed by atoms with Gasteiger partial charge in [-0.25, -0.2) is 9.18 Å². The monoisotopic (exact) mass is 307 g/mol. The molecule has 0 saturated heterocycles. The summed E-state index contributed by atoms with van der Waals surface area (Å²) in [5.74, 6) is -0.791. The molecule has 0 amide bonds. The van der Waals surface area contributed by atoms with Crippen LogP contribution in [0.5, 0.6) is 0 Å². The number of benzene rings is 1. The summed E-state index contributed by atoms with van der Waals surface area (Å²) in [4.78, 5) is 16.3. The first-order valence-electron chi connectivity index (χ1n) is 6.69. The molecule has 1 heterocycles. The Kier molecular flexibility index (Phi) is 4.91. The highest BCUT2D eigenvalue weighted by atomic mass is 35.5. The van der Waals surface area contributed by atoms with Gasteiger partial charge in [-0.1, -0.05) is 18.5 Å². The topological polar surface area (TPSA) is 39.2 Å². The van der Waals surface area contributed by atoms with E-state index in [0.29, 0.717) is 35.5 Å². The fraction of sp³-hybridized carbons (Fsp3) is 0.250. The maximum Gasteiger partial charge on any atom is 0.339 e. The minimum absolute atomic E-state index is 0.286. The van der Waals surface area contributed by atoms with Crippen LogP contribution in [0, 0.1) is 5.82 Å². The molecule has 1 aromatic carbocycles. The van der Waals surface area contributed by atoms with Gasteiger partial charge in [0.05, 0.1) is 28.6 Å². The summed E-state index contributed by atoms with van der Waals surface area (Å²) in [7, 11) is 0. The minimum atomic E-state index is -0.400. The van der Waals surface area contributed by atoms with E-state index in [1.807, 2.05) is 6.92 Å². The Hall–Kier alpha value is -1.94. The molecular weight excluding hydrogens is 293 g/mol. The van der Waals surface area contributed by atoms with Crippen molar-refractivity contribution in [2.45, 2.75) is 20.3 Å². The smallest absolute Gasteiger partial charge is 0.339 e. The van der Waals surface area contributed by atoms with Gasteiger partial charge in [-0.15, -0.1) is 0 Å². The molecule has 21 heavy (non-hydrogen) atoms. The molecule has 0 aliphatic heterocycles. The maximum atomic E-state index is 13.1. The quantitative estimate of drug-likeness (QED) is 0.791. The Bertz CT molecular complexity index is 673. The zero-order valence-corrected chi connectivity index (χ0v) is 12.6. The highest BCUT2D eigenvalue weighted by Gasteiger charge is 2.15. The summed E-state index contributed by atoms with van der Waals surface area (Å²) in [6, 6.07) is 7.49. The van der Waals surface area contributed by atoms with E-state index in [1.54, 1.807) is 25.1 Å². The predicted octanol–water partition coefficient (Wildman–Crippen LogP) is 4.28. The second-order valence-electron chi connectivity index (χ2n) is 4.39. The lowest BCUT2D eigenvalue weighted by Crippen LogP contribution is -2.09. The molecule has 0 aliphatic rings. The Balaban J connectivity index is 2.45. The van der Waals surface area contributed by atoms with E-state index in [1.165, 1.54) is 12.1 Å². The van der Waals surface area contributed by atoms with Crippen molar-refractivity contribution in [2.75, 3.05) is 6.61 Å².